The summed E-state index contributed by atoms with van der Waals surface area (Å²) in [6.07, 6.45) is 0.655. The Morgan fingerprint density at radius 1 is 1.17 bits per heavy atom. The van der Waals surface area contributed by atoms with Crippen molar-refractivity contribution < 1.29 is 9.13 Å². The Morgan fingerprint density at radius 2 is 1.89 bits per heavy atom. The van der Waals surface area contributed by atoms with E-state index in [1.54, 1.807) is 18.2 Å². The van der Waals surface area contributed by atoms with E-state index in [0.29, 0.717) is 12.2 Å². The summed E-state index contributed by atoms with van der Waals surface area (Å²) in [6.45, 7) is 1.90. The molecule has 2 aromatic carbocycles. The normalized spacial score (nSPS) is 12.2. The number of hydrogen-bond acceptors (Lipinski definition) is 2. The summed E-state index contributed by atoms with van der Waals surface area (Å²) in [5.41, 5.74) is 6.56. The topological polar surface area (TPSA) is 35.2 Å². The van der Waals surface area contributed by atoms with Crippen molar-refractivity contribution in [3.05, 3.63) is 59.9 Å². The maximum atomic E-state index is 13.8. The first-order valence-corrected chi connectivity index (χ1v) is 5.92. The van der Waals surface area contributed by atoms with Crippen LogP contribution in [0.25, 0.3) is 0 Å². The number of ether oxygens (including phenoxy) is 1. The molecule has 0 aliphatic rings. The first-order valence-electron chi connectivity index (χ1n) is 5.92. The molecule has 0 saturated heterocycles. The van der Waals surface area contributed by atoms with E-state index in [-0.39, 0.29) is 17.6 Å². The molecule has 94 valence electrons. The highest BCUT2D eigenvalue weighted by Gasteiger charge is 2.07. The van der Waals surface area contributed by atoms with Crippen LogP contribution in [0.4, 0.5) is 4.39 Å². The van der Waals surface area contributed by atoms with Crippen LogP contribution in [-0.4, -0.2) is 6.04 Å². The minimum absolute atomic E-state index is 0.0188. The molecule has 3 heteroatoms. The molecule has 0 radical (unpaired) electrons. The van der Waals surface area contributed by atoms with E-state index < -0.39 is 0 Å². The van der Waals surface area contributed by atoms with Gasteiger partial charge in [-0.05, 0) is 43.2 Å². The van der Waals surface area contributed by atoms with Crippen LogP contribution in [0.15, 0.2) is 48.5 Å². The third kappa shape index (κ3) is 3.31. The zero-order valence-electron chi connectivity index (χ0n) is 10.3. The first kappa shape index (κ1) is 12.6. The fourth-order valence-corrected chi connectivity index (χ4v) is 1.74. The molecule has 2 aromatic rings. The molecular formula is C15H16FNO. The Kier molecular flexibility index (Phi) is 3.95. The quantitative estimate of drug-likeness (QED) is 0.894. The third-order valence-corrected chi connectivity index (χ3v) is 2.52. The molecule has 1 unspecified atom stereocenters. The standard InChI is InChI=1S/C15H16FNO/c1-11(17)9-12-7-8-15(14(16)10-12)18-13-5-3-2-4-6-13/h2-8,10-11H,9,17H2,1H3. The predicted octanol–water partition coefficient (Wildman–Crippen LogP) is 3.51. The van der Waals surface area contributed by atoms with Crippen LogP contribution in [0.1, 0.15) is 12.5 Å². The van der Waals surface area contributed by atoms with Gasteiger partial charge in [0.25, 0.3) is 0 Å². The van der Waals surface area contributed by atoms with E-state index in [1.807, 2.05) is 31.2 Å². The van der Waals surface area contributed by atoms with Crippen LogP contribution in [0.5, 0.6) is 11.5 Å². The second-order valence-electron chi connectivity index (χ2n) is 4.36. The summed E-state index contributed by atoms with van der Waals surface area (Å²) in [5, 5.41) is 0. The Hall–Kier alpha value is -1.87. The van der Waals surface area contributed by atoms with Gasteiger partial charge in [0.15, 0.2) is 11.6 Å². The fraction of sp³-hybridized carbons (Fsp3) is 0.200. The molecule has 18 heavy (non-hydrogen) atoms. The minimum Gasteiger partial charge on any atom is -0.454 e. The van der Waals surface area contributed by atoms with E-state index in [4.69, 9.17) is 10.5 Å². The van der Waals surface area contributed by atoms with Crippen LogP contribution in [0, 0.1) is 5.82 Å². The molecule has 2 nitrogen and oxygen atoms in total. The molecule has 2 N–H and O–H groups in total. The second kappa shape index (κ2) is 5.65. The van der Waals surface area contributed by atoms with E-state index >= 15 is 0 Å². The minimum atomic E-state index is -0.364. The van der Waals surface area contributed by atoms with E-state index in [0.717, 1.165) is 5.56 Å². The Balaban J connectivity index is 2.15. The highest BCUT2D eigenvalue weighted by molar-refractivity contribution is 5.34. The van der Waals surface area contributed by atoms with Gasteiger partial charge in [0.2, 0.25) is 0 Å². The van der Waals surface area contributed by atoms with Crippen molar-refractivity contribution in [2.24, 2.45) is 5.73 Å². The van der Waals surface area contributed by atoms with Crippen LogP contribution in [0.2, 0.25) is 0 Å². The van der Waals surface area contributed by atoms with Gasteiger partial charge >= 0.3 is 0 Å². The van der Waals surface area contributed by atoms with E-state index in [9.17, 15) is 4.39 Å². The van der Waals surface area contributed by atoms with Gasteiger partial charge in [0.1, 0.15) is 5.75 Å². The Bertz CT molecular complexity index is 511. The summed E-state index contributed by atoms with van der Waals surface area (Å²) in [6, 6.07) is 14.1. The van der Waals surface area contributed by atoms with Gasteiger partial charge in [-0.1, -0.05) is 24.3 Å². The summed E-state index contributed by atoms with van der Waals surface area (Å²) in [4.78, 5) is 0. The van der Waals surface area contributed by atoms with Crippen LogP contribution < -0.4 is 10.5 Å². The molecule has 2 rings (SSSR count). The van der Waals surface area contributed by atoms with Crippen molar-refractivity contribution in [2.45, 2.75) is 19.4 Å². The number of rotatable bonds is 4. The van der Waals surface area contributed by atoms with Crippen molar-refractivity contribution >= 4 is 0 Å². The molecule has 0 amide bonds. The van der Waals surface area contributed by atoms with Gasteiger partial charge in [0, 0.05) is 6.04 Å². The van der Waals surface area contributed by atoms with E-state index in [1.165, 1.54) is 6.07 Å². The van der Waals surface area contributed by atoms with Crippen molar-refractivity contribution in [3.8, 4) is 11.5 Å². The largest absolute Gasteiger partial charge is 0.454 e. The monoisotopic (exact) mass is 245 g/mol. The lowest BCUT2D eigenvalue weighted by atomic mass is 10.1. The molecule has 0 spiro atoms. The number of benzene rings is 2. The molecule has 0 bridgehead atoms. The zero-order chi connectivity index (χ0) is 13.0. The maximum Gasteiger partial charge on any atom is 0.165 e. The van der Waals surface area contributed by atoms with E-state index in [2.05, 4.69) is 0 Å². The molecular weight excluding hydrogens is 229 g/mol. The maximum absolute atomic E-state index is 13.8. The molecule has 0 saturated carbocycles. The molecule has 0 aliphatic carbocycles. The molecule has 0 aromatic heterocycles. The van der Waals surface area contributed by atoms with Gasteiger partial charge in [-0.3, -0.25) is 0 Å². The Morgan fingerprint density at radius 3 is 2.50 bits per heavy atom. The van der Waals surface area contributed by atoms with Crippen molar-refractivity contribution in [2.75, 3.05) is 0 Å². The lowest BCUT2D eigenvalue weighted by Crippen LogP contribution is -2.17. The average Bonchev–Trinajstić information content (AvgIpc) is 2.33. The van der Waals surface area contributed by atoms with Crippen LogP contribution in [-0.2, 0) is 6.42 Å². The van der Waals surface area contributed by atoms with Gasteiger partial charge in [-0.25, -0.2) is 4.39 Å². The highest BCUT2D eigenvalue weighted by Crippen LogP contribution is 2.25. The van der Waals surface area contributed by atoms with Crippen molar-refractivity contribution in [1.82, 2.24) is 0 Å². The number of hydrogen-bond donors (Lipinski definition) is 1. The average molecular weight is 245 g/mol. The Labute approximate surface area is 106 Å². The number of halogens is 1. The molecule has 0 aliphatic heterocycles. The summed E-state index contributed by atoms with van der Waals surface area (Å²) < 4.78 is 19.3. The molecule has 1 atom stereocenters. The van der Waals surface area contributed by atoms with Crippen molar-refractivity contribution in [1.29, 1.82) is 0 Å². The van der Waals surface area contributed by atoms with Crippen molar-refractivity contribution in [3.63, 3.8) is 0 Å². The number of para-hydroxylation sites is 1. The van der Waals surface area contributed by atoms with Gasteiger partial charge in [0.05, 0.1) is 0 Å². The molecule has 0 fully saturated rings. The zero-order valence-corrected chi connectivity index (χ0v) is 10.3. The SMILES string of the molecule is CC(N)Cc1ccc(Oc2ccccc2)c(F)c1. The summed E-state index contributed by atoms with van der Waals surface area (Å²) in [7, 11) is 0. The predicted molar refractivity (Wildman–Crippen MR) is 70.3 cm³/mol. The third-order valence-electron chi connectivity index (χ3n) is 2.52. The summed E-state index contributed by atoms with van der Waals surface area (Å²) >= 11 is 0. The first-order chi connectivity index (χ1) is 8.65. The lowest BCUT2D eigenvalue weighted by Gasteiger charge is -2.09. The van der Waals surface area contributed by atoms with Crippen LogP contribution >= 0.6 is 0 Å². The van der Waals surface area contributed by atoms with Gasteiger partial charge in [-0.15, -0.1) is 0 Å². The molecule has 0 heterocycles. The highest BCUT2D eigenvalue weighted by atomic mass is 19.1. The smallest absolute Gasteiger partial charge is 0.165 e. The van der Waals surface area contributed by atoms with Crippen LogP contribution in [0.3, 0.4) is 0 Å². The van der Waals surface area contributed by atoms with Gasteiger partial charge in [-0.2, -0.15) is 0 Å². The number of nitrogens with two attached hydrogens (primary N) is 1. The second-order valence-corrected chi connectivity index (χ2v) is 4.36. The fourth-order valence-electron chi connectivity index (χ4n) is 1.74. The lowest BCUT2D eigenvalue weighted by molar-refractivity contribution is 0.441. The summed E-state index contributed by atoms with van der Waals surface area (Å²) in [5.74, 6) is 0.489. The van der Waals surface area contributed by atoms with Gasteiger partial charge < -0.3 is 10.5 Å².